The van der Waals surface area contributed by atoms with Crippen molar-refractivity contribution < 1.29 is 0 Å². The van der Waals surface area contributed by atoms with Crippen molar-refractivity contribution in [2.24, 2.45) is 0 Å². The van der Waals surface area contributed by atoms with Gasteiger partial charge in [-0.3, -0.25) is 0 Å². The summed E-state index contributed by atoms with van der Waals surface area (Å²) in [7, 11) is 0. The molecule has 624 valence electrons. The highest BCUT2D eigenvalue weighted by Gasteiger charge is 2.14. The van der Waals surface area contributed by atoms with Crippen LogP contribution in [0.25, 0.3) is 44.2 Å². The zero-order valence-electron chi connectivity index (χ0n) is 76.0. The lowest BCUT2D eigenvalue weighted by atomic mass is 9.95. The molecule has 0 unspecified atom stereocenters. The lowest BCUT2D eigenvalue weighted by Crippen LogP contribution is -1.97. The molecule has 0 radical (unpaired) electrons. The van der Waals surface area contributed by atoms with Crippen LogP contribution in [0, 0.1) is 104 Å². The molecule has 117 heavy (non-hydrogen) atoms. The highest BCUT2D eigenvalue weighted by Crippen LogP contribution is 2.38. The van der Waals surface area contributed by atoms with Gasteiger partial charge in [0, 0.05) is 39.2 Å². The molecule has 0 bridgehead atoms. The summed E-state index contributed by atoms with van der Waals surface area (Å²) in [4.78, 5) is 11.1. The van der Waals surface area contributed by atoms with Gasteiger partial charge in [-0.15, -0.1) is 94.1 Å². The molecular weight excluding hydrogens is 1570 g/mol. The number of hydrogen-bond donors (Lipinski definition) is 0. The lowest BCUT2D eigenvalue weighted by Gasteiger charge is -2.16. The molecule has 0 aliphatic carbocycles. The third kappa shape index (κ3) is 33.9. The Kier molecular flexibility index (Phi) is 48.7. The van der Waals surface area contributed by atoms with Crippen LogP contribution in [0.5, 0.6) is 0 Å². The van der Waals surface area contributed by atoms with Crippen LogP contribution in [0.3, 0.4) is 0 Å². The number of thioether (sulfide) groups is 8. The molecule has 0 saturated heterocycles. The van der Waals surface area contributed by atoms with Gasteiger partial charge in [-0.2, -0.15) is 0 Å². The molecule has 0 N–H and O–H groups in total. The van der Waals surface area contributed by atoms with Crippen molar-refractivity contribution in [2.75, 3.05) is 50.0 Å². The molecule has 0 nitrogen and oxygen atoms in total. The van der Waals surface area contributed by atoms with E-state index in [1.165, 1.54) is 257 Å². The Morgan fingerprint density at radius 3 is 1.11 bits per heavy atom. The predicted molar refractivity (Wildman–Crippen MR) is 545 cm³/mol. The van der Waals surface area contributed by atoms with E-state index in [4.69, 9.17) is 0 Å². The standard InChI is InChI=1S/C24H42S.C20H18S.C14H14S.C12H12S.C12H18S.C10H14S.C9H12S.C8H10S/c1-5-7-9-11-13-15-17-22-20-24(25-4)23(19-21(22)3)18-16-14-12-10-8-6-2;1-15-13-19(17-11-7-4-8-12-17)20(21-2)14-18(15)16-9-5-3-6-10-16;1-11-8-9-14(15-2)13(10-11)12-6-4-3-5-7-12;1-9-7-8-12(13-2)11-6-4-3-5-10(9)11;1-7-8(2)10(4)12(13-6)11(5)9(7)3;1-7-5-9(3)10(11-4)6-8(7)2;1-7-4-5-9(10-3)8(2)6-7;1-7-3-5-8(9-2)6-4-7/h19-20H,5-18H2,1-4H3;3-14H,1-2H3;3-10H,1-2H3;3-8H,1-2H3;1-6H3;5-6H,1-4H3;4-6H,1-3H3;3-6H,1-2H3. The third-order valence-electron chi connectivity index (χ3n) is 21.8. The Labute approximate surface area is 747 Å². The van der Waals surface area contributed by atoms with Crippen LogP contribution in [0.2, 0.25) is 0 Å². The van der Waals surface area contributed by atoms with Gasteiger partial charge in [0.05, 0.1) is 0 Å². The Bertz CT molecular complexity index is 4840. The fraction of sp³-hybridized carbons (Fsp3) is 0.358. The van der Waals surface area contributed by atoms with Gasteiger partial charge in [-0.05, 0) is 356 Å². The first kappa shape index (κ1) is 101. The molecule has 0 spiro atoms. The van der Waals surface area contributed by atoms with E-state index < -0.39 is 0 Å². The summed E-state index contributed by atoms with van der Waals surface area (Å²) >= 11 is 14.6. The smallest absolute Gasteiger partial charge is 0.0154 e. The summed E-state index contributed by atoms with van der Waals surface area (Å²) < 4.78 is 0. The van der Waals surface area contributed by atoms with E-state index in [0.717, 1.165) is 0 Å². The Hall–Kier alpha value is -6.30. The largest absolute Gasteiger partial charge is 0.130 e. The second-order valence-corrected chi connectivity index (χ2v) is 37.3. The van der Waals surface area contributed by atoms with Gasteiger partial charge >= 0.3 is 0 Å². The zero-order valence-corrected chi connectivity index (χ0v) is 82.6. The van der Waals surface area contributed by atoms with E-state index in [2.05, 4.69) is 392 Å². The van der Waals surface area contributed by atoms with Crippen molar-refractivity contribution in [2.45, 2.75) is 247 Å². The molecule has 12 aromatic carbocycles. The number of benzene rings is 12. The van der Waals surface area contributed by atoms with Gasteiger partial charge in [0.2, 0.25) is 0 Å². The maximum Gasteiger partial charge on any atom is 0.0154 e. The van der Waals surface area contributed by atoms with Gasteiger partial charge in [-0.25, -0.2) is 0 Å². The first-order valence-electron chi connectivity index (χ1n) is 42.0. The Balaban J connectivity index is 0.000000244. The van der Waals surface area contributed by atoms with Crippen molar-refractivity contribution in [3.63, 3.8) is 0 Å². The average Bonchev–Trinajstić information content (AvgIpc) is 0.809. The van der Waals surface area contributed by atoms with E-state index >= 15 is 0 Å². The van der Waals surface area contributed by atoms with Gasteiger partial charge in [-0.1, -0.05) is 265 Å². The summed E-state index contributed by atoms with van der Waals surface area (Å²) in [5, 5.41) is 2.74. The van der Waals surface area contributed by atoms with Crippen LogP contribution in [-0.4, -0.2) is 50.0 Å². The van der Waals surface area contributed by atoms with Crippen molar-refractivity contribution in [1.82, 2.24) is 0 Å². The van der Waals surface area contributed by atoms with Crippen LogP contribution in [0.1, 0.15) is 185 Å². The maximum atomic E-state index is 2.50. The summed E-state index contributed by atoms with van der Waals surface area (Å²) in [5.74, 6) is 0. The fourth-order valence-corrected chi connectivity index (χ4v) is 19.3. The molecule has 0 atom stereocenters. The monoisotopic (exact) mass is 1700 g/mol. The van der Waals surface area contributed by atoms with Gasteiger partial charge in [0.1, 0.15) is 0 Å². The highest BCUT2D eigenvalue weighted by atomic mass is 32.2. The molecule has 0 heterocycles. The second-order valence-electron chi connectivity index (χ2n) is 30.5. The van der Waals surface area contributed by atoms with E-state index in [1.54, 1.807) is 58.2 Å². The molecule has 0 amide bonds. The maximum absolute atomic E-state index is 2.50. The number of hydrogen-bond acceptors (Lipinski definition) is 8. The van der Waals surface area contributed by atoms with Crippen molar-refractivity contribution >= 4 is 105 Å². The van der Waals surface area contributed by atoms with Gasteiger partial charge in [0.15, 0.2) is 0 Å². The molecule has 12 rings (SSSR count). The summed E-state index contributed by atoms with van der Waals surface area (Å²) in [5.41, 5.74) is 32.0. The van der Waals surface area contributed by atoms with Crippen molar-refractivity contribution in [1.29, 1.82) is 0 Å². The normalized spacial score (nSPS) is 10.5. The summed E-state index contributed by atoms with van der Waals surface area (Å²) in [6.07, 6.45) is 36.3. The minimum Gasteiger partial charge on any atom is -0.130 e. The van der Waals surface area contributed by atoms with E-state index in [9.17, 15) is 0 Å². The van der Waals surface area contributed by atoms with Crippen LogP contribution in [-0.2, 0) is 12.8 Å². The van der Waals surface area contributed by atoms with Crippen LogP contribution in [0.4, 0.5) is 0 Å². The van der Waals surface area contributed by atoms with Crippen LogP contribution >= 0.6 is 94.1 Å². The minimum absolute atomic E-state index is 1.26. The average molecular weight is 1710 g/mol. The second kappa shape index (κ2) is 56.3. The van der Waals surface area contributed by atoms with E-state index in [0.29, 0.717) is 0 Å². The molecule has 0 aliphatic rings. The summed E-state index contributed by atoms with van der Waals surface area (Å²) in [6, 6.07) is 80.5. The van der Waals surface area contributed by atoms with Crippen molar-refractivity contribution in [3.8, 4) is 33.4 Å². The molecular formula is C109H140S8. The highest BCUT2D eigenvalue weighted by molar-refractivity contribution is 8.00. The zero-order chi connectivity index (χ0) is 85.8. The van der Waals surface area contributed by atoms with Crippen LogP contribution < -0.4 is 0 Å². The lowest BCUT2D eigenvalue weighted by molar-refractivity contribution is 0.604. The first-order chi connectivity index (χ1) is 56.4. The molecule has 0 aliphatic heterocycles. The van der Waals surface area contributed by atoms with Gasteiger partial charge in [0.25, 0.3) is 0 Å². The SMILES string of the molecule is CCCCCCCCc1cc(SC)c(CCCCCCCC)cc1C.CSc1c(C)c(C)c(C)c(C)c1C.CSc1cc(-c2ccccc2)c(C)cc1-c1ccccc1.CSc1cc(C)c(C)cc1C.CSc1ccc(C)c2ccccc12.CSc1ccc(C)cc1.CSc1ccc(C)cc1-c1ccccc1.CSc1ccc(C)cc1C. The van der Waals surface area contributed by atoms with Crippen molar-refractivity contribution in [3.05, 3.63) is 319 Å². The van der Waals surface area contributed by atoms with E-state index in [-0.39, 0.29) is 0 Å². The molecule has 8 heteroatoms. The Morgan fingerprint density at radius 1 is 0.214 bits per heavy atom. The number of fused-ring (bicyclic) bond motifs is 1. The third-order valence-corrected chi connectivity index (χ3v) is 28.5. The van der Waals surface area contributed by atoms with Gasteiger partial charge < -0.3 is 0 Å². The number of unbranched alkanes of at least 4 members (excludes halogenated alkanes) is 10. The van der Waals surface area contributed by atoms with E-state index in [1.807, 2.05) is 47.0 Å². The molecule has 0 fully saturated rings. The predicted octanol–water partition coefficient (Wildman–Crippen LogP) is 35.9. The fourth-order valence-electron chi connectivity index (χ4n) is 14.2. The first-order valence-corrected chi connectivity index (χ1v) is 51.8. The number of aryl methyl sites for hydroxylation is 12. The number of rotatable bonds is 25. The molecule has 0 saturated carbocycles. The molecule has 0 aromatic heterocycles. The topological polar surface area (TPSA) is 0 Å². The summed E-state index contributed by atoms with van der Waals surface area (Å²) in [6.45, 7) is 37.4. The molecule has 12 aromatic rings. The van der Waals surface area contributed by atoms with Crippen LogP contribution in [0.15, 0.2) is 264 Å². The minimum atomic E-state index is 1.26. The Morgan fingerprint density at radius 2 is 0.624 bits per heavy atom. The quantitative estimate of drug-likeness (QED) is 0.0405.